The molecule has 1 N–H and O–H groups in total. The van der Waals surface area contributed by atoms with Crippen LogP contribution in [0.1, 0.15) is 12.0 Å². The van der Waals surface area contributed by atoms with Crippen molar-refractivity contribution in [2.45, 2.75) is 13.0 Å². The highest BCUT2D eigenvalue weighted by atomic mass is 16.5. The summed E-state index contributed by atoms with van der Waals surface area (Å²) in [6.45, 7) is 1.72. The van der Waals surface area contributed by atoms with E-state index in [0.717, 1.165) is 23.4 Å². The Hall–Kier alpha value is -2.53. The molecule has 0 unspecified atom stereocenters. The minimum Gasteiger partial charge on any atom is -0.494 e. The molecule has 2 rings (SSSR count). The van der Waals surface area contributed by atoms with Crippen molar-refractivity contribution < 1.29 is 14.3 Å². The lowest BCUT2D eigenvalue weighted by molar-refractivity contribution is 0.185. The Morgan fingerprint density at radius 3 is 2.67 bits per heavy atom. The zero-order valence-electron chi connectivity index (χ0n) is 14.2. The summed E-state index contributed by atoms with van der Waals surface area (Å²) >= 11 is 0. The number of nitrogens with zero attached hydrogens (tertiary/aromatic N) is 1. The molecule has 0 aliphatic rings. The van der Waals surface area contributed by atoms with Gasteiger partial charge in [0.25, 0.3) is 0 Å². The quantitative estimate of drug-likeness (QED) is 0.751. The summed E-state index contributed by atoms with van der Waals surface area (Å²) in [6.07, 6.45) is 0.766. The van der Waals surface area contributed by atoms with E-state index in [-0.39, 0.29) is 6.03 Å². The van der Waals surface area contributed by atoms with Gasteiger partial charge in [-0.25, -0.2) is 4.79 Å². The number of ether oxygens (including phenoxy) is 2. The SMILES string of the molecule is COCc1cccc(NC(=O)N(C)CCCOc2ccccc2)c1. The minimum absolute atomic E-state index is 0.135. The van der Waals surface area contributed by atoms with Crippen LogP contribution in [0.4, 0.5) is 10.5 Å². The second-order valence-electron chi connectivity index (χ2n) is 5.50. The van der Waals surface area contributed by atoms with Gasteiger partial charge in [-0.3, -0.25) is 0 Å². The third-order valence-corrected chi connectivity index (χ3v) is 3.49. The first-order chi connectivity index (χ1) is 11.7. The molecular weight excluding hydrogens is 304 g/mol. The lowest BCUT2D eigenvalue weighted by Crippen LogP contribution is -2.32. The van der Waals surface area contributed by atoms with E-state index in [0.29, 0.717) is 19.8 Å². The number of amides is 2. The molecule has 0 bridgehead atoms. The number of rotatable bonds is 8. The van der Waals surface area contributed by atoms with Gasteiger partial charge in [0.1, 0.15) is 5.75 Å². The number of methoxy groups -OCH3 is 1. The van der Waals surface area contributed by atoms with Gasteiger partial charge in [-0.1, -0.05) is 30.3 Å². The molecule has 128 valence electrons. The Bertz CT molecular complexity index is 632. The molecule has 0 atom stereocenters. The molecule has 24 heavy (non-hydrogen) atoms. The number of anilines is 1. The van der Waals surface area contributed by atoms with Gasteiger partial charge in [-0.2, -0.15) is 0 Å². The van der Waals surface area contributed by atoms with Gasteiger partial charge in [0.15, 0.2) is 0 Å². The van der Waals surface area contributed by atoms with E-state index in [1.807, 2.05) is 54.6 Å². The number of hydrogen-bond donors (Lipinski definition) is 1. The van der Waals surface area contributed by atoms with Crippen LogP contribution in [0.5, 0.6) is 5.75 Å². The molecule has 0 radical (unpaired) electrons. The van der Waals surface area contributed by atoms with Gasteiger partial charge >= 0.3 is 6.03 Å². The number of carbonyl (C=O) groups excluding carboxylic acids is 1. The summed E-state index contributed by atoms with van der Waals surface area (Å²) in [4.78, 5) is 13.8. The van der Waals surface area contributed by atoms with Crippen molar-refractivity contribution >= 4 is 11.7 Å². The zero-order chi connectivity index (χ0) is 17.2. The van der Waals surface area contributed by atoms with E-state index in [9.17, 15) is 4.79 Å². The molecule has 0 aliphatic heterocycles. The van der Waals surface area contributed by atoms with Gasteiger partial charge in [-0.05, 0) is 36.2 Å². The van der Waals surface area contributed by atoms with Gasteiger partial charge in [-0.15, -0.1) is 0 Å². The molecule has 0 heterocycles. The fourth-order valence-electron chi connectivity index (χ4n) is 2.23. The van der Waals surface area contributed by atoms with Crippen LogP contribution in [-0.4, -0.2) is 38.2 Å². The van der Waals surface area contributed by atoms with Crippen molar-refractivity contribution in [1.82, 2.24) is 4.90 Å². The van der Waals surface area contributed by atoms with Crippen LogP contribution in [0, 0.1) is 0 Å². The molecular formula is C19H24N2O3. The van der Waals surface area contributed by atoms with E-state index >= 15 is 0 Å². The second-order valence-corrected chi connectivity index (χ2v) is 5.50. The Kier molecular flexibility index (Phi) is 7.11. The molecule has 0 aromatic heterocycles. The van der Waals surface area contributed by atoms with Gasteiger partial charge in [0.05, 0.1) is 13.2 Å². The first-order valence-electron chi connectivity index (χ1n) is 7.97. The van der Waals surface area contributed by atoms with Crippen molar-refractivity contribution in [3.63, 3.8) is 0 Å². The van der Waals surface area contributed by atoms with Crippen molar-refractivity contribution in [3.8, 4) is 5.75 Å². The van der Waals surface area contributed by atoms with E-state index in [4.69, 9.17) is 9.47 Å². The van der Waals surface area contributed by atoms with Crippen molar-refractivity contribution in [2.24, 2.45) is 0 Å². The highest BCUT2D eigenvalue weighted by Gasteiger charge is 2.08. The second kappa shape index (κ2) is 9.57. The lowest BCUT2D eigenvalue weighted by atomic mass is 10.2. The van der Waals surface area contributed by atoms with Crippen LogP contribution in [0.25, 0.3) is 0 Å². The Morgan fingerprint density at radius 1 is 1.12 bits per heavy atom. The molecule has 0 spiro atoms. The smallest absolute Gasteiger partial charge is 0.321 e. The van der Waals surface area contributed by atoms with Crippen LogP contribution in [0.3, 0.4) is 0 Å². The minimum atomic E-state index is -0.135. The monoisotopic (exact) mass is 328 g/mol. The average molecular weight is 328 g/mol. The summed E-state index contributed by atoms with van der Waals surface area (Å²) in [5, 5.41) is 2.89. The number of carbonyl (C=O) groups is 1. The number of urea groups is 1. The summed E-state index contributed by atoms with van der Waals surface area (Å²) < 4.78 is 10.7. The fraction of sp³-hybridized carbons (Fsp3) is 0.316. The molecule has 0 aliphatic carbocycles. The maximum absolute atomic E-state index is 12.2. The molecule has 2 amide bonds. The van der Waals surface area contributed by atoms with Crippen molar-refractivity contribution in [1.29, 1.82) is 0 Å². The third kappa shape index (κ3) is 5.93. The number of hydrogen-bond acceptors (Lipinski definition) is 3. The molecule has 2 aromatic rings. The van der Waals surface area contributed by atoms with Gasteiger partial charge in [0.2, 0.25) is 0 Å². The molecule has 0 saturated carbocycles. The van der Waals surface area contributed by atoms with Crippen LogP contribution < -0.4 is 10.1 Å². The number of nitrogens with one attached hydrogen (secondary N) is 1. The van der Waals surface area contributed by atoms with Crippen LogP contribution in [0.2, 0.25) is 0 Å². The van der Waals surface area contributed by atoms with Gasteiger partial charge < -0.3 is 19.7 Å². The maximum Gasteiger partial charge on any atom is 0.321 e. The maximum atomic E-state index is 12.2. The van der Waals surface area contributed by atoms with Crippen LogP contribution in [-0.2, 0) is 11.3 Å². The van der Waals surface area contributed by atoms with E-state index < -0.39 is 0 Å². The average Bonchev–Trinajstić information content (AvgIpc) is 2.60. The molecule has 0 saturated heterocycles. The van der Waals surface area contributed by atoms with Crippen LogP contribution >= 0.6 is 0 Å². The normalized spacial score (nSPS) is 10.2. The van der Waals surface area contributed by atoms with Crippen molar-refractivity contribution in [3.05, 3.63) is 60.2 Å². The molecule has 0 fully saturated rings. The van der Waals surface area contributed by atoms with Crippen molar-refractivity contribution in [2.75, 3.05) is 32.6 Å². The third-order valence-electron chi connectivity index (χ3n) is 3.49. The van der Waals surface area contributed by atoms with E-state index in [1.165, 1.54) is 0 Å². The summed E-state index contributed by atoms with van der Waals surface area (Å²) in [5.74, 6) is 0.847. The first-order valence-corrected chi connectivity index (χ1v) is 7.97. The Labute approximate surface area is 143 Å². The standard InChI is InChI=1S/C19H24N2O3/c1-21(12-7-13-24-18-10-4-3-5-11-18)19(22)20-17-9-6-8-16(14-17)15-23-2/h3-6,8-11,14H,7,12-13,15H2,1-2H3,(H,20,22). The summed E-state index contributed by atoms with van der Waals surface area (Å²) in [6, 6.07) is 17.2. The first kappa shape index (κ1) is 17.8. The Balaban J connectivity index is 1.72. The predicted molar refractivity (Wildman–Crippen MR) is 95.4 cm³/mol. The summed E-state index contributed by atoms with van der Waals surface area (Å²) in [7, 11) is 3.42. The number of para-hydroxylation sites is 1. The van der Waals surface area contributed by atoms with Gasteiger partial charge in [0, 0.05) is 26.4 Å². The van der Waals surface area contributed by atoms with E-state index in [2.05, 4.69) is 5.32 Å². The zero-order valence-corrected chi connectivity index (χ0v) is 14.2. The van der Waals surface area contributed by atoms with E-state index in [1.54, 1.807) is 19.1 Å². The number of benzene rings is 2. The Morgan fingerprint density at radius 2 is 1.92 bits per heavy atom. The largest absolute Gasteiger partial charge is 0.494 e. The molecule has 5 heteroatoms. The lowest BCUT2D eigenvalue weighted by Gasteiger charge is -2.18. The highest BCUT2D eigenvalue weighted by Crippen LogP contribution is 2.12. The van der Waals surface area contributed by atoms with Crippen LogP contribution in [0.15, 0.2) is 54.6 Å². The fourth-order valence-corrected chi connectivity index (χ4v) is 2.23. The molecule has 5 nitrogen and oxygen atoms in total. The predicted octanol–water partition coefficient (Wildman–Crippen LogP) is 3.77. The molecule has 2 aromatic carbocycles. The highest BCUT2D eigenvalue weighted by molar-refractivity contribution is 5.89. The summed E-state index contributed by atoms with van der Waals surface area (Å²) in [5.41, 5.74) is 1.79. The topological polar surface area (TPSA) is 50.8 Å².